The van der Waals surface area contributed by atoms with Crippen LogP contribution in [0.1, 0.15) is 43.0 Å². The molecule has 18 heavy (non-hydrogen) atoms. The van der Waals surface area contributed by atoms with Crippen molar-refractivity contribution in [3.8, 4) is 0 Å². The summed E-state index contributed by atoms with van der Waals surface area (Å²) in [6.45, 7) is 2.03. The zero-order valence-corrected chi connectivity index (χ0v) is 10.3. The van der Waals surface area contributed by atoms with Gasteiger partial charge in [-0.25, -0.2) is 14.2 Å². The molecule has 0 aromatic carbocycles. The molecule has 0 radical (unpaired) electrons. The Kier molecular flexibility index (Phi) is 3.79. The Balaban J connectivity index is 2.11. The van der Waals surface area contributed by atoms with Crippen molar-refractivity contribution in [2.24, 2.45) is 5.92 Å². The molecule has 1 aromatic heterocycles. The van der Waals surface area contributed by atoms with Gasteiger partial charge >= 0.3 is 5.97 Å². The number of hydrogen-bond donors (Lipinski definition) is 2. The van der Waals surface area contributed by atoms with E-state index in [9.17, 15) is 9.18 Å². The van der Waals surface area contributed by atoms with E-state index in [4.69, 9.17) is 5.11 Å². The number of halogens is 1. The number of aromatic carboxylic acids is 1. The van der Waals surface area contributed by atoms with Gasteiger partial charge in [-0.05, 0) is 24.8 Å². The maximum atomic E-state index is 13.9. The lowest BCUT2D eigenvalue weighted by atomic mass is 10.1. The number of carboxylic acids is 1. The molecule has 1 aliphatic carbocycles. The molecule has 0 amide bonds. The van der Waals surface area contributed by atoms with Crippen LogP contribution in [0, 0.1) is 11.7 Å². The van der Waals surface area contributed by atoms with Crippen molar-refractivity contribution in [1.29, 1.82) is 0 Å². The Morgan fingerprint density at radius 2 is 2.39 bits per heavy atom. The standard InChI is InChI=1S/C13H17FN2O2/c1-2-9(7-8-3-4-8)16-12-11(14)10(13(17)18)5-6-15-12/h5-6,8-9H,2-4,7H2,1H3,(H,15,16)(H,17,18). The first-order valence-corrected chi connectivity index (χ1v) is 6.26. The largest absolute Gasteiger partial charge is 0.478 e. The smallest absolute Gasteiger partial charge is 0.338 e. The van der Waals surface area contributed by atoms with E-state index < -0.39 is 11.8 Å². The molecule has 1 saturated carbocycles. The van der Waals surface area contributed by atoms with Crippen molar-refractivity contribution in [1.82, 2.24) is 4.98 Å². The van der Waals surface area contributed by atoms with Crippen molar-refractivity contribution in [2.45, 2.75) is 38.6 Å². The van der Waals surface area contributed by atoms with Gasteiger partial charge in [0.25, 0.3) is 0 Å². The molecule has 0 spiro atoms. The van der Waals surface area contributed by atoms with Crippen molar-refractivity contribution < 1.29 is 14.3 Å². The van der Waals surface area contributed by atoms with Gasteiger partial charge in [-0.3, -0.25) is 0 Å². The first kappa shape index (κ1) is 12.8. The summed E-state index contributed by atoms with van der Waals surface area (Å²) in [5.74, 6) is -1.27. The van der Waals surface area contributed by atoms with Crippen LogP contribution in [0.2, 0.25) is 0 Å². The Morgan fingerprint density at radius 3 is 2.94 bits per heavy atom. The van der Waals surface area contributed by atoms with E-state index >= 15 is 0 Å². The summed E-state index contributed by atoms with van der Waals surface area (Å²) in [6.07, 6.45) is 5.66. The van der Waals surface area contributed by atoms with Gasteiger partial charge in [0.2, 0.25) is 0 Å². The van der Waals surface area contributed by atoms with E-state index in [1.807, 2.05) is 6.92 Å². The minimum atomic E-state index is -1.27. The van der Waals surface area contributed by atoms with E-state index in [1.54, 1.807) is 0 Å². The van der Waals surface area contributed by atoms with Gasteiger partial charge in [0, 0.05) is 12.2 Å². The second-order valence-corrected chi connectivity index (χ2v) is 4.75. The summed E-state index contributed by atoms with van der Waals surface area (Å²) < 4.78 is 13.9. The zero-order chi connectivity index (χ0) is 13.1. The number of carbonyl (C=O) groups is 1. The molecule has 1 atom stereocenters. The van der Waals surface area contributed by atoms with Gasteiger partial charge < -0.3 is 10.4 Å². The van der Waals surface area contributed by atoms with E-state index in [1.165, 1.54) is 25.1 Å². The predicted octanol–water partition coefficient (Wildman–Crippen LogP) is 2.91. The Morgan fingerprint density at radius 1 is 1.67 bits per heavy atom. The Labute approximate surface area is 105 Å². The van der Waals surface area contributed by atoms with Crippen LogP contribution in [0.15, 0.2) is 12.3 Å². The summed E-state index contributed by atoms with van der Waals surface area (Å²) in [6, 6.07) is 1.33. The Bertz CT molecular complexity index is 447. The molecular formula is C13H17FN2O2. The lowest BCUT2D eigenvalue weighted by Gasteiger charge is -2.18. The molecule has 0 aliphatic heterocycles. The molecule has 1 heterocycles. The SMILES string of the molecule is CCC(CC1CC1)Nc1nccc(C(=O)O)c1F. The Hall–Kier alpha value is -1.65. The van der Waals surface area contributed by atoms with Crippen LogP contribution >= 0.6 is 0 Å². The van der Waals surface area contributed by atoms with E-state index in [0.29, 0.717) is 0 Å². The summed E-state index contributed by atoms with van der Waals surface area (Å²) in [7, 11) is 0. The molecular weight excluding hydrogens is 235 g/mol. The number of nitrogens with one attached hydrogen (secondary N) is 1. The van der Waals surface area contributed by atoms with Gasteiger partial charge in [0.15, 0.2) is 11.6 Å². The summed E-state index contributed by atoms with van der Waals surface area (Å²) in [4.78, 5) is 14.7. The second kappa shape index (κ2) is 5.33. The number of pyridine rings is 1. The fraction of sp³-hybridized carbons (Fsp3) is 0.538. The highest BCUT2D eigenvalue weighted by Gasteiger charge is 2.25. The number of rotatable bonds is 6. The van der Waals surface area contributed by atoms with Gasteiger partial charge in [-0.15, -0.1) is 0 Å². The van der Waals surface area contributed by atoms with E-state index in [-0.39, 0.29) is 17.4 Å². The average Bonchev–Trinajstić information content (AvgIpc) is 3.14. The van der Waals surface area contributed by atoms with Crippen LogP contribution in [-0.4, -0.2) is 22.1 Å². The highest BCUT2D eigenvalue weighted by atomic mass is 19.1. The van der Waals surface area contributed by atoms with Gasteiger partial charge in [0.1, 0.15) is 5.56 Å². The summed E-state index contributed by atoms with van der Waals surface area (Å²) >= 11 is 0. The van der Waals surface area contributed by atoms with Crippen LogP contribution in [0.4, 0.5) is 10.2 Å². The topological polar surface area (TPSA) is 62.2 Å². The highest BCUT2D eigenvalue weighted by Crippen LogP contribution is 2.34. The molecule has 0 bridgehead atoms. The van der Waals surface area contributed by atoms with Crippen LogP contribution in [0.3, 0.4) is 0 Å². The summed E-state index contributed by atoms with van der Waals surface area (Å²) in [5.41, 5.74) is -0.339. The maximum Gasteiger partial charge on any atom is 0.338 e. The highest BCUT2D eigenvalue weighted by molar-refractivity contribution is 5.88. The van der Waals surface area contributed by atoms with Crippen LogP contribution in [0.5, 0.6) is 0 Å². The lowest BCUT2D eigenvalue weighted by molar-refractivity contribution is 0.0692. The van der Waals surface area contributed by atoms with Crippen LogP contribution < -0.4 is 5.32 Å². The quantitative estimate of drug-likeness (QED) is 0.817. The molecule has 2 N–H and O–H groups in total. The van der Waals surface area contributed by atoms with Crippen molar-refractivity contribution in [3.05, 3.63) is 23.6 Å². The number of hydrogen-bond acceptors (Lipinski definition) is 3. The third-order valence-corrected chi connectivity index (χ3v) is 3.27. The fourth-order valence-electron chi connectivity index (χ4n) is 1.99. The predicted molar refractivity (Wildman–Crippen MR) is 66.2 cm³/mol. The molecule has 1 fully saturated rings. The molecule has 0 saturated heterocycles. The van der Waals surface area contributed by atoms with Crippen molar-refractivity contribution in [2.75, 3.05) is 5.32 Å². The minimum absolute atomic E-state index is 0.0439. The van der Waals surface area contributed by atoms with Gasteiger partial charge in [-0.1, -0.05) is 19.8 Å². The first-order valence-electron chi connectivity index (χ1n) is 6.26. The van der Waals surface area contributed by atoms with Gasteiger partial charge in [0.05, 0.1) is 0 Å². The first-order chi connectivity index (χ1) is 8.61. The van der Waals surface area contributed by atoms with Gasteiger partial charge in [-0.2, -0.15) is 0 Å². The lowest BCUT2D eigenvalue weighted by Crippen LogP contribution is -2.21. The molecule has 5 heteroatoms. The number of carboxylic acid groups (broad SMARTS) is 1. The monoisotopic (exact) mass is 252 g/mol. The number of anilines is 1. The van der Waals surface area contributed by atoms with Crippen molar-refractivity contribution in [3.63, 3.8) is 0 Å². The maximum absolute atomic E-state index is 13.9. The summed E-state index contributed by atoms with van der Waals surface area (Å²) in [5, 5.41) is 11.9. The number of nitrogens with zero attached hydrogens (tertiary/aromatic N) is 1. The molecule has 98 valence electrons. The average molecular weight is 252 g/mol. The second-order valence-electron chi connectivity index (χ2n) is 4.75. The van der Waals surface area contributed by atoms with Crippen LogP contribution in [0.25, 0.3) is 0 Å². The third-order valence-electron chi connectivity index (χ3n) is 3.27. The van der Waals surface area contributed by atoms with E-state index in [0.717, 1.165) is 18.8 Å². The van der Waals surface area contributed by atoms with Crippen molar-refractivity contribution >= 4 is 11.8 Å². The van der Waals surface area contributed by atoms with Crippen LogP contribution in [-0.2, 0) is 0 Å². The number of aromatic nitrogens is 1. The normalized spacial score (nSPS) is 16.3. The van der Waals surface area contributed by atoms with E-state index in [2.05, 4.69) is 10.3 Å². The zero-order valence-electron chi connectivity index (χ0n) is 10.3. The minimum Gasteiger partial charge on any atom is -0.478 e. The fourth-order valence-corrected chi connectivity index (χ4v) is 1.99. The molecule has 2 rings (SSSR count). The molecule has 1 aromatic rings. The molecule has 1 aliphatic rings. The molecule has 1 unspecified atom stereocenters. The third kappa shape index (κ3) is 2.97. The molecule has 4 nitrogen and oxygen atoms in total.